The van der Waals surface area contributed by atoms with Crippen LogP contribution in [0.1, 0.15) is 17.5 Å². The van der Waals surface area contributed by atoms with Gasteiger partial charge in [-0.05, 0) is 31.0 Å². The normalized spacial score (nSPS) is 15.0. The Labute approximate surface area is 156 Å². The fourth-order valence-electron chi connectivity index (χ4n) is 3.32. The van der Waals surface area contributed by atoms with Crippen molar-refractivity contribution < 1.29 is 4.79 Å². The number of carbonyl (C=O) groups excluding carboxylic acids is 1. The lowest BCUT2D eigenvalue weighted by molar-refractivity contribution is -0.121. The Morgan fingerprint density at radius 2 is 1.65 bits per heavy atom. The van der Waals surface area contributed by atoms with Gasteiger partial charge in [0.25, 0.3) is 0 Å². The molecule has 0 aliphatic carbocycles. The highest BCUT2D eigenvalue weighted by Gasteiger charge is 2.16. The molecule has 0 radical (unpaired) electrons. The molecule has 0 saturated carbocycles. The second-order valence-corrected chi connectivity index (χ2v) is 7.00. The molecule has 138 valence electrons. The number of nitrogens with zero attached hydrogens (tertiary/aromatic N) is 2. The lowest BCUT2D eigenvalue weighted by Gasteiger charge is -2.36. The predicted octanol–water partition coefficient (Wildman–Crippen LogP) is 2.87. The van der Waals surface area contributed by atoms with Gasteiger partial charge in [-0.25, -0.2) is 0 Å². The molecule has 0 bridgehead atoms. The minimum absolute atomic E-state index is 0.147. The molecule has 4 nitrogen and oxygen atoms in total. The molecule has 2 aromatic rings. The number of benzene rings is 2. The summed E-state index contributed by atoms with van der Waals surface area (Å²) in [6.07, 6.45) is 1.37. The maximum Gasteiger partial charge on any atom is 0.220 e. The lowest BCUT2D eigenvalue weighted by Crippen LogP contribution is -2.48. The average molecular weight is 351 g/mol. The Bertz CT molecular complexity index is 676. The summed E-state index contributed by atoms with van der Waals surface area (Å²) in [5, 5.41) is 3.06. The third-order valence-electron chi connectivity index (χ3n) is 5.01. The Balaban J connectivity index is 1.30. The smallest absolute Gasteiger partial charge is 0.220 e. The fraction of sp³-hybridized carbons (Fsp3) is 0.409. The number of nitrogens with one attached hydrogen (secondary N) is 1. The highest BCUT2D eigenvalue weighted by Crippen LogP contribution is 2.15. The van der Waals surface area contributed by atoms with Crippen LogP contribution in [0.25, 0.3) is 0 Å². The number of piperazine rings is 1. The molecule has 1 N–H and O–H groups in total. The summed E-state index contributed by atoms with van der Waals surface area (Å²) in [5.74, 6) is 0.147. The van der Waals surface area contributed by atoms with Crippen LogP contribution < -0.4 is 10.2 Å². The number of amides is 1. The zero-order chi connectivity index (χ0) is 18.2. The van der Waals surface area contributed by atoms with Crippen molar-refractivity contribution in [2.24, 2.45) is 0 Å². The van der Waals surface area contributed by atoms with Crippen LogP contribution in [0.3, 0.4) is 0 Å². The van der Waals surface area contributed by atoms with E-state index >= 15 is 0 Å². The Morgan fingerprint density at radius 1 is 0.962 bits per heavy atom. The van der Waals surface area contributed by atoms with Gasteiger partial charge < -0.3 is 10.2 Å². The van der Waals surface area contributed by atoms with Crippen LogP contribution >= 0.6 is 0 Å². The van der Waals surface area contributed by atoms with Gasteiger partial charge in [-0.2, -0.15) is 0 Å². The second-order valence-electron chi connectivity index (χ2n) is 7.00. The van der Waals surface area contributed by atoms with Gasteiger partial charge in [-0.3, -0.25) is 9.69 Å². The van der Waals surface area contributed by atoms with Crippen molar-refractivity contribution in [2.45, 2.75) is 19.8 Å². The highest BCUT2D eigenvalue weighted by molar-refractivity contribution is 5.76. The van der Waals surface area contributed by atoms with Gasteiger partial charge in [-0.1, -0.05) is 48.0 Å². The lowest BCUT2D eigenvalue weighted by atomic mass is 10.1. The van der Waals surface area contributed by atoms with Crippen molar-refractivity contribution in [1.82, 2.24) is 10.2 Å². The molecule has 0 aromatic heterocycles. The van der Waals surface area contributed by atoms with E-state index in [1.807, 2.05) is 0 Å². The fourth-order valence-corrected chi connectivity index (χ4v) is 3.32. The first-order valence-corrected chi connectivity index (χ1v) is 9.55. The third kappa shape index (κ3) is 5.60. The summed E-state index contributed by atoms with van der Waals surface area (Å²) in [6.45, 7) is 7.94. The summed E-state index contributed by atoms with van der Waals surface area (Å²) < 4.78 is 0. The minimum Gasteiger partial charge on any atom is -0.369 e. The van der Waals surface area contributed by atoms with Crippen LogP contribution in [0.2, 0.25) is 0 Å². The van der Waals surface area contributed by atoms with E-state index in [0.29, 0.717) is 6.42 Å². The van der Waals surface area contributed by atoms with E-state index in [2.05, 4.69) is 76.6 Å². The molecule has 1 saturated heterocycles. The minimum atomic E-state index is 0.147. The highest BCUT2D eigenvalue weighted by atomic mass is 16.1. The zero-order valence-electron chi connectivity index (χ0n) is 15.7. The van der Waals surface area contributed by atoms with Crippen molar-refractivity contribution in [3.63, 3.8) is 0 Å². The number of aryl methyl sites for hydroxylation is 2. The molecule has 1 heterocycles. The first kappa shape index (κ1) is 18.5. The van der Waals surface area contributed by atoms with Crippen LogP contribution in [-0.2, 0) is 11.2 Å². The van der Waals surface area contributed by atoms with Crippen molar-refractivity contribution >= 4 is 11.6 Å². The Kier molecular flexibility index (Phi) is 6.67. The molecular weight excluding hydrogens is 322 g/mol. The van der Waals surface area contributed by atoms with Crippen LogP contribution in [0.15, 0.2) is 54.6 Å². The van der Waals surface area contributed by atoms with Crippen LogP contribution in [0, 0.1) is 6.92 Å². The molecule has 0 atom stereocenters. The molecular formula is C22H29N3O. The summed E-state index contributed by atoms with van der Waals surface area (Å²) in [4.78, 5) is 16.9. The molecule has 4 heteroatoms. The van der Waals surface area contributed by atoms with Gasteiger partial charge >= 0.3 is 0 Å². The molecule has 1 amide bonds. The van der Waals surface area contributed by atoms with Crippen molar-refractivity contribution in [3.05, 3.63) is 65.7 Å². The van der Waals surface area contributed by atoms with Crippen LogP contribution in [0.4, 0.5) is 5.69 Å². The second kappa shape index (κ2) is 9.39. The maximum atomic E-state index is 12.0. The summed E-state index contributed by atoms with van der Waals surface area (Å²) in [5.41, 5.74) is 3.78. The van der Waals surface area contributed by atoms with Crippen molar-refractivity contribution in [1.29, 1.82) is 0 Å². The standard InChI is InChI=1S/C22H29N3O/c1-19-7-9-20(10-8-19)11-12-22(26)23-13-14-24-15-17-25(18-16-24)21-5-3-2-4-6-21/h2-10H,11-18H2,1H3,(H,23,26). The van der Waals surface area contributed by atoms with E-state index in [-0.39, 0.29) is 5.91 Å². The number of hydrogen-bond donors (Lipinski definition) is 1. The van der Waals surface area contributed by atoms with Gasteiger partial charge in [0.2, 0.25) is 5.91 Å². The van der Waals surface area contributed by atoms with E-state index in [1.165, 1.54) is 16.8 Å². The number of hydrogen-bond acceptors (Lipinski definition) is 3. The molecule has 26 heavy (non-hydrogen) atoms. The van der Waals surface area contributed by atoms with E-state index in [1.54, 1.807) is 0 Å². The first-order valence-electron chi connectivity index (χ1n) is 9.55. The number of para-hydroxylation sites is 1. The summed E-state index contributed by atoms with van der Waals surface area (Å²) >= 11 is 0. The molecule has 1 fully saturated rings. The number of rotatable bonds is 7. The van der Waals surface area contributed by atoms with Gasteiger partial charge in [0.1, 0.15) is 0 Å². The number of carbonyl (C=O) groups is 1. The maximum absolute atomic E-state index is 12.0. The first-order chi connectivity index (χ1) is 12.7. The number of anilines is 1. The van der Waals surface area contributed by atoms with Crippen molar-refractivity contribution in [2.75, 3.05) is 44.2 Å². The van der Waals surface area contributed by atoms with E-state index in [4.69, 9.17) is 0 Å². The summed E-state index contributed by atoms with van der Waals surface area (Å²) in [7, 11) is 0. The van der Waals surface area contributed by atoms with Crippen molar-refractivity contribution in [3.8, 4) is 0 Å². The zero-order valence-corrected chi connectivity index (χ0v) is 15.7. The van der Waals surface area contributed by atoms with E-state index in [0.717, 1.165) is 45.7 Å². The topological polar surface area (TPSA) is 35.6 Å². The van der Waals surface area contributed by atoms with Crippen LogP contribution in [0.5, 0.6) is 0 Å². The quantitative estimate of drug-likeness (QED) is 0.833. The monoisotopic (exact) mass is 351 g/mol. The molecule has 0 unspecified atom stereocenters. The molecule has 3 rings (SSSR count). The molecule has 1 aliphatic rings. The van der Waals surface area contributed by atoms with Gasteiger partial charge in [0.05, 0.1) is 0 Å². The third-order valence-corrected chi connectivity index (χ3v) is 5.01. The summed E-state index contributed by atoms with van der Waals surface area (Å²) in [6, 6.07) is 19.0. The predicted molar refractivity (Wildman–Crippen MR) is 108 cm³/mol. The van der Waals surface area contributed by atoms with Crippen LogP contribution in [-0.4, -0.2) is 50.1 Å². The van der Waals surface area contributed by atoms with Gasteiger partial charge in [0.15, 0.2) is 0 Å². The Hall–Kier alpha value is -2.33. The molecule has 0 spiro atoms. The van der Waals surface area contributed by atoms with Gasteiger partial charge in [-0.15, -0.1) is 0 Å². The Morgan fingerprint density at radius 3 is 2.35 bits per heavy atom. The van der Waals surface area contributed by atoms with Gasteiger partial charge in [0, 0.05) is 51.4 Å². The average Bonchev–Trinajstić information content (AvgIpc) is 2.69. The molecule has 1 aliphatic heterocycles. The molecule has 2 aromatic carbocycles. The van der Waals surface area contributed by atoms with E-state index in [9.17, 15) is 4.79 Å². The SMILES string of the molecule is Cc1ccc(CCC(=O)NCCN2CCN(c3ccccc3)CC2)cc1. The van der Waals surface area contributed by atoms with E-state index < -0.39 is 0 Å². The largest absolute Gasteiger partial charge is 0.369 e.